The molecule has 0 spiro atoms. The highest BCUT2D eigenvalue weighted by Crippen LogP contribution is 2.44. The van der Waals surface area contributed by atoms with Crippen LogP contribution in [0, 0.1) is 12.7 Å². The summed E-state index contributed by atoms with van der Waals surface area (Å²) in [6.45, 7) is 14.2. The van der Waals surface area contributed by atoms with Gasteiger partial charge in [-0.15, -0.1) is 0 Å². The molecule has 1 aliphatic carbocycles. The number of carbonyl (C=O) groups excluding carboxylic acids is 1. The van der Waals surface area contributed by atoms with Crippen LogP contribution in [-0.2, 0) is 45.9 Å². The number of fused-ring (bicyclic) bond motifs is 5. The van der Waals surface area contributed by atoms with Gasteiger partial charge in [0.25, 0.3) is 5.56 Å². The lowest BCUT2D eigenvalue weighted by molar-refractivity contribution is -0.187. The number of ether oxygens (including phenoxy) is 2. The topological polar surface area (TPSA) is 82.5 Å². The van der Waals surface area contributed by atoms with Crippen molar-refractivity contribution in [3.05, 3.63) is 61.7 Å². The molecule has 2 aliphatic heterocycles. The zero-order valence-corrected chi connectivity index (χ0v) is 23.8. The zero-order chi connectivity index (χ0) is 28.1. The normalized spacial score (nSPS) is 18.8. The van der Waals surface area contributed by atoms with Crippen LogP contribution in [0.1, 0.15) is 80.8 Å². The summed E-state index contributed by atoms with van der Waals surface area (Å²) in [5.74, 6) is -0.718. The van der Waals surface area contributed by atoms with Crippen molar-refractivity contribution in [3.8, 4) is 11.4 Å². The van der Waals surface area contributed by atoms with E-state index in [1.165, 1.54) is 6.07 Å². The number of pyridine rings is 2. The van der Waals surface area contributed by atoms with Gasteiger partial charge in [-0.2, -0.15) is 0 Å². The third kappa shape index (κ3) is 4.28. The van der Waals surface area contributed by atoms with E-state index in [-0.39, 0.29) is 24.1 Å². The van der Waals surface area contributed by atoms with Gasteiger partial charge in [-0.1, -0.05) is 20.8 Å². The second kappa shape index (κ2) is 10.5. The van der Waals surface area contributed by atoms with E-state index in [4.69, 9.17) is 14.5 Å². The molecule has 208 valence electrons. The minimum Gasteiger partial charge on any atom is -0.458 e. The van der Waals surface area contributed by atoms with Crippen molar-refractivity contribution in [1.29, 1.82) is 0 Å². The average Bonchev–Trinajstić information content (AvgIpc) is 3.29. The van der Waals surface area contributed by atoms with Crippen molar-refractivity contribution in [3.63, 3.8) is 0 Å². The number of hydrogen-bond donors (Lipinski definition) is 1. The minimum atomic E-state index is -1.33. The van der Waals surface area contributed by atoms with Crippen LogP contribution >= 0.6 is 0 Å². The molecule has 0 radical (unpaired) electrons. The molecule has 7 nitrogen and oxygen atoms in total. The van der Waals surface area contributed by atoms with Gasteiger partial charge in [0, 0.05) is 22.6 Å². The molecule has 1 N–H and O–H groups in total. The van der Waals surface area contributed by atoms with E-state index in [9.17, 15) is 14.0 Å². The summed E-state index contributed by atoms with van der Waals surface area (Å²) in [4.78, 5) is 31.5. The van der Waals surface area contributed by atoms with Gasteiger partial charge in [-0.25, -0.2) is 14.2 Å². The second-order valence-electron chi connectivity index (χ2n) is 10.8. The first-order valence-corrected chi connectivity index (χ1v) is 14.1. The van der Waals surface area contributed by atoms with Gasteiger partial charge in [0.1, 0.15) is 12.4 Å². The fraction of sp³-hybridized carbons (Fsp3) is 0.516. The van der Waals surface area contributed by atoms with Gasteiger partial charge in [0.15, 0.2) is 5.60 Å². The number of halogens is 1. The lowest BCUT2D eigenvalue weighted by Crippen LogP contribution is -2.47. The Morgan fingerprint density at radius 3 is 2.46 bits per heavy atom. The van der Waals surface area contributed by atoms with Crippen LogP contribution in [0.3, 0.4) is 0 Å². The Labute approximate surface area is 228 Å². The van der Waals surface area contributed by atoms with Crippen molar-refractivity contribution >= 4 is 16.9 Å². The Morgan fingerprint density at radius 2 is 1.82 bits per heavy atom. The number of rotatable bonds is 5. The van der Waals surface area contributed by atoms with Crippen LogP contribution in [0.4, 0.5) is 4.39 Å². The second-order valence-corrected chi connectivity index (χ2v) is 10.8. The maximum atomic E-state index is 14.7. The molecular formula is C31H38FN3O4. The Balaban J connectivity index is 0.000000567. The molecule has 3 aliphatic rings. The smallest absolute Gasteiger partial charge is 0.343 e. The Bertz CT molecular complexity index is 1530. The number of aryl methyl sites for hydroxylation is 2. The summed E-state index contributed by atoms with van der Waals surface area (Å²) < 4.78 is 28.1. The number of cyclic esters (lactones) is 1. The first-order valence-electron chi connectivity index (χ1n) is 14.1. The van der Waals surface area contributed by atoms with E-state index in [2.05, 4.69) is 19.2 Å². The van der Waals surface area contributed by atoms with Gasteiger partial charge in [-0.05, 0) is 82.3 Å². The molecule has 1 atom stereocenters. The fourth-order valence-electron chi connectivity index (χ4n) is 6.35. The molecule has 0 saturated heterocycles. The molecule has 0 unspecified atom stereocenters. The van der Waals surface area contributed by atoms with Crippen molar-refractivity contribution in [2.75, 3.05) is 13.1 Å². The third-order valence-electron chi connectivity index (χ3n) is 8.18. The maximum Gasteiger partial charge on any atom is 0.343 e. The van der Waals surface area contributed by atoms with E-state index in [1.54, 1.807) is 4.57 Å². The predicted octanol–water partition coefficient (Wildman–Crippen LogP) is 5.06. The van der Waals surface area contributed by atoms with Gasteiger partial charge in [-0.3, -0.25) is 4.79 Å². The highest BCUT2D eigenvalue weighted by molar-refractivity contribution is 5.92. The molecule has 0 amide bonds. The van der Waals surface area contributed by atoms with E-state index in [0.29, 0.717) is 46.6 Å². The summed E-state index contributed by atoms with van der Waals surface area (Å²) in [5.41, 5.74) is 5.40. The predicted molar refractivity (Wildman–Crippen MR) is 149 cm³/mol. The lowest BCUT2D eigenvalue weighted by atomic mass is 9.84. The van der Waals surface area contributed by atoms with Gasteiger partial charge in [0.2, 0.25) is 0 Å². The van der Waals surface area contributed by atoms with Gasteiger partial charge in [0.05, 0.1) is 35.1 Å². The van der Waals surface area contributed by atoms with Crippen molar-refractivity contribution in [2.24, 2.45) is 0 Å². The SMILES string of the molecule is CCNCC.CC[C@@]1(OC(C)C)C(=O)OCc2c1cc1n(c2=O)Cc2c-1nc1cc(F)c(C)c3c1c2CCC3. The molecule has 6 rings (SSSR count). The summed E-state index contributed by atoms with van der Waals surface area (Å²) in [6, 6.07) is 3.40. The fourth-order valence-corrected chi connectivity index (χ4v) is 6.35. The molecule has 0 fully saturated rings. The molecule has 8 heteroatoms. The third-order valence-corrected chi connectivity index (χ3v) is 8.18. The number of nitrogens with one attached hydrogen (secondary N) is 1. The van der Waals surface area contributed by atoms with E-state index < -0.39 is 11.6 Å². The van der Waals surface area contributed by atoms with Crippen LogP contribution in [0.5, 0.6) is 0 Å². The van der Waals surface area contributed by atoms with Crippen LogP contribution in [-0.4, -0.2) is 34.7 Å². The summed E-state index contributed by atoms with van der Waals surface area (Å²) in [6.07, 6.45) is 2.75. The quantitative estimate of drug-likeness (QED) is 0.360. The van der Waals surface area contributed by atoms with Gasteiger partial charge < -0.3 is 19.4 Å². The Kier molecular flexibility index (Phi) is 7.37. The van der Waals surface area contributed by atoms with Crippen molar-refractivity contribution < 1.29 is 18.7 Å². The molecule has 1 aromatic carbocycles. The van der Waals surface area contributed by atoms with Gasteiger partial charge >= 0.3 is 5.97 Å². The van der Waals surface area contributed by atoms with E-state index in [0.717, 1.165) is 54.4 Å². The Morgan fingerprint density at radius 1 is 1.10 bits per heavy atom. The Hall–Kier alpha value is -3.10. The molecule has 0 saturated carbocycles. The molecule has 4 heterocycles. The van der Waals surface area contributed by atoms with Crippen LogP contribution in [0.15, 0.2) is 16.9 Å². The minimum absolute atomic E-state index is 0.0658. The molecule has 3 aromatic rings. The lowest BCUT2D eigenvalue weighted by Gasteiger charge is -2.37. The van der Waals surface area contributed by atoms with E-state index >= 15 is 0 Å². The van der Waals surface area contributed by atoms with Crippen molar-refractivity contribution in [2.45, 2.75) is 92.1 Å². The monoisotopic (exact) mass is 535 g/mol. The molecule has 2 aromatic heterocycles. The van der Waals surface area contributed by atoms with Crippen molar-refractivity contribution in [1.82, 2.24) is 14.9 Å². The van der Waals surface area contributed by atoms with Crippen LogP contribution < -0.4 is 10.9 Å². The number of benzene rings is 1. The largest absolute Gasteiger partial charge is 0.458 e. The summed E-state index contributed by atoms with van der Waals surface area (Å²) in [7, 11) is 0. The average molecular weight is 536 g/mol. The highest BCUT2D eigenvalue weighted by Gasteiger charge is 2.48. The number of aromatic nitrogens is 2. The molecule has 39 heavy (non-hydrogen) atoms. The molecular weight excluding hydrogens is 497 g/mol. The molecule has 0 bridgehead atoms. The van der Waals surface area contributed by atoms with Crippen LogP contribution in [0.25, 0.3) is 22.3 Å². The summed E-state index contributed by atoms with van der Waals surface area (Å²) in [5, 5.41) is 4.15. The summed E-state index contributed by atoms with van der Waals surface area (Å²) >= 11 is 0. The standard InChI is InChI=1S/C27H27FN2O4.C4H11N/c1-5-27(34-13(2)3)19-9-22-24-17(11-30(22)25(31)18(19)12-33-26(27)32)16-8-6-7-15-14(4)20(28)10-21(29-24)23(15)16;1-3-5-4-2/h9-10,13H,5-8,11-12H2,1-4H3;5H,3-4H2,1-2H3/t27-;/m0./s1. The first kappa shape index (κ1) is 27.5. The number of nitrogens with zero attached hydrogens (tertiary/aromatic N) is 2. The number of esters is 1. The highest BCUT2D eigenvalue weighted by atomic mass is 19.1. The maximum absolute atomic E-state index is 14.7. The van der Waals surface area contributed by atoms with E-state index in [1.807, 2.05) is 33.8 Å². The first-order chi connectivity index (χ1) is 18.7. The zero-order valence-electron chi connectivity index (χ0n) is 23.8. The van der Waals surface area contributed by atoms with Crippen LogP contribution in [0.2, 0.25) is 0 Å². The number of carbonyl (C=O) groups is 1. The number of hydrogen-bond acceptors (Lipinski definition) is 6.